The molecule has 1 aromatic carbocycles. The first-order chi connectivity index (χ1) is 7.51. The van der Waals surface area contributed by atoms with Gasteiger partial charge in [-0.25, -0.2) is 8.42 Å². The SMILES string of the molecule is CSc1ccc(/C=C/CCS(=O)(=O)Cl)cc1. The lowest BCUT2D eigenvalue weighted by Crippen LogP contribution is -1.94. The Bertz CT molecular complexity index is 449. The summed E-state index contributed by atoms with van der Waals surface area (Å²) in [5.74, 6) is -0.0199. The van der Waals surface area contributed by atoms with Crippen molar-refractivity contribution in [1.29, 1.82) is 0 Å². The van der Waals surface area contributed by atoms with Crippen LogP contribution in [0.5, 0.6) is 0 Å². The van der Waals surface area contributed by atoms with Gasteiger partial charge in [-0.3, -0.25) is 0 Å². The summed E-state index contributed by atoms with van der Waals surface area (Å²) in [6.45, 7) is 0. The van der Waals surface area contributed by atoms with Crippen LogP contribution in [-0.4, -0.2) is 20.4 Å². The van der Waals surface area contributed by atoms with Crippen molar-refractivity contribution in [1.82, 2.24) is 0 Å². The number of allylic oxidation sites excluding steroid dienone is 1. The molecule has 0 fully saturated rings. The fourth-order valence-corrected chi connectivity index (χ4v) is 2.24. The summed E-state index contributed by atoms with van der Waals surface area (Å²) < 4.78 is 21.3. The number of hydrogen-bond donors (Lipinski definition) is 0. The fraction of sp³-hybridized carbons (Fsp3) is 0.273. The third-order valence-electron chi connectivity index (χ3n) is 1.95. The minimum atomic E-state index is -3.37. The lowest BCUT2D eigenvalue weighted by atomic mass is 10.2. The molecule has 0 amide bonds. The molecule has 0 aliphatic heterocycles. The molecular weight excluding hydrogens is 264 g/mol. The number of thioether (sulfide) groups is 1. The molecule has 0 bridgehead atoms. The van der Waals surface area contributed by atoms with Crippen LogP contribution >= 0.6 is 22.4 Å². The van der Waals surface area contributed by atoms with Crippen LogP contribution in [0.25, 0.3) is 6.08 Å². The number of benzene rings is 1. The molecule has 0 saturated carbocycles. The van der Waals surface area contributed by atoms with Gasteiger partial charge in [0.1, 0.15) is 0 Å². The summed E-state index contributed by atoms with van der Waals surface area (Å²) >= 11 is 1.69. The van der Waals surface area contributed by atoms with E-state index in [9.17, 15) is 8.42 Å². The van der Waals surface area contributed by atoms with E-state index in [-0.39, 0.29) is 5.75 Å². The maximum Gasteiger partial charge on any atom is 0.232 e. The van der Waals surface area contributed by atoms with Crippen LogP contribution < -0.4 is 0 Å². The van der Waals surface area contributed by atoms with Crippen molar-refractivity contribution < 1.29 is 8.42 Å². The zero-order chi connectivity index (χ0) is 12.0. The predicted octanol–water partition coefficient (Wildman–Crippen LogP) is 3.38. The van der Waals surface area contributed by atoms with E-state index in [2.05, 4.69) is 0 Å². The summed E-state index contributed by atoms with van der Waals surface area (Å²) in [6, 6.07) is 8.06. The van der Waals surface area contributed by atoms with Gasteiger partial charge in [0.2, 0.25) is 9.05 Å². The molecule has 0 atom stereocenters. The largest absolute Gasteiger partial charge is 0.232 e. The molecule has 0 N–H and O–H groups in total. The highest BCUT2D eigenvalue weighted by molar-refractivity contribution is 8.13. The molecule has 0 aliphatic rings. The first-order valence-electron chi connectivity index (χ1n) is 4.74. The second-order valence-electron chi connectivity index (χ2n) is 3.21. The minimum Gasteiger partial charge on any atom is -0.212 e. The van der Waals surface area contributed by atoms with Gasteiger partial charge in [0.25, 0.3) is 0 Å². The van der Waals surface area contributed by atoms with E-state index in [0.717, 1.165) is 5.56 Å². The van der Waals surface area contributed by atoms with E-state index in [0.29, 0.717) is 6.42 Å². The van der Waals surface area contributed by atoms with Gasteiger partial charge in [-0.15, -0.1) is 11.8 Å². The molecule has 0 aromatic heterocycles. The van der Waals surface area contributed by atoms with Crippen molar-refractivity contribution in [3.05, 3.63) is 35.9 Å². The third-order valence-corrected chi connectivity index (χ3v) is 3.88. The Labute approximate surface area is 105 Å². The molecule has 1 aromatic rings. The van der Waals surface area contributed by atoms with Gasteiger partial charge in [-0.2, -0.15) is 0 Å². The van der Waals surface area contributed by atoms with E-state index < -0.39 is 9.05 Å². The molecule has 2 nitrogen and oxygen atoms in total. The summed E-state index contributed by atoms with van der Waals surface area (Å²) in [4.78, 5) is 1.21. The first-order valence-corrected chi connectivity index (χ1v) is 8.44. The summed E-state index contributed by atoms with van der Waals surface area (Å²) in [7, 11) is 1.72. The Balaban J connectivity index is 2.50. The van der Waals surface area contributed by atoms with Crippen LogP contribution in [0.4, 0.5) is 0 Å². The molecule has 0 aliphatic carbocycles. The number of halogens is 1. The average Bonchev–Trinajstić information content (AvgIpc) is 2.24. The zero-order valence-electron chi connectivity index (χ0n) is 8.89. The standard InChI is InChI=1S/C11H13ClO2S2/c1-15-11-7-5-10(6-8-11)4-2-3-9-16(12,13)14/h2,4-8H,3,9H2,1H3/b4-2+. The van der Waals surface area contributed by atoms with Crippen molar-refractivity contribution in [2.45, 2.75) is 11.3 Å². The van der Waals surface area contributed by atoms with Crippen LogP contribution in [0.15, 0.2) is 35.2 Å². The smallest absolute Gasteiger partial charge is 0.212 e. The molecule has 0 radical (unpaired) electrons. The lowest BCUT2D eigenvalue weighted by molar-refractivity contribution is 0.609. The Morgan fingerprint density at radius 1 is 1.31 bits per heavy atom. The molecule has 0 saturated heterocycles. The highest BCUT2D eigenvalue weighted by Crippen LogP contribution is 2.15. The van der Waals surface area contributed by atoms with Gasteiger partial charge in [0.05, 0.1) is 5.75 Å². The Kier molecular flexibility index (Phi) is 5.38. The number of hydrogen-bond acceptors (Lipinski definition) is 3. The molecule has 0 spiro atoms. The molecule has 1 rings (SSSR count). The highest BCUT2D eigenvalue weighted by Gasteiger charge is 2.01. The van der Waals surface area contributed by atoms with E-state index >= 15 is 0 Å². The Morgan fingerprint density at radius 2 is 1.94 bits per heavy atom. The third kappa shape index (κ3) is 5.58. The van der Waals surface area contributed by atoms with E-state index in [1.54, 1.807) is 11.8 Å². The van der Waals surface area contributed by atoms with Gasteiger partial charge in [-0.1, -0.05) is 24.3 Å². The zero-order valence-corrected chi connectivity index (χ0v) is 11.3. The van der Waals surface area contributed by atoms with Gasteiger partial charge in [0.15, 0.2) is 0 Å². The van der Waals surface area contributed by atoms with Crippen LogP contribution in [0, 0.1) is 0 Å². The topological polar surface area (TPSA) is 34.1 Å². The highest BCUT2D eigenvalue weighted by atomic mass is 35.7. The molecule has 0 unspecified atom stereocenters. The van der Waals surface area contributed by atoms with Crippen LogP contribution in [0.1, 0.15) is 12.0 Å². The summed E-state index contributed by atoms with van der Waals surface area (Å²) in [5.41, 5.74) is 1.06. The molecule has 0 heterocycles. The van der Waals surface area contributed by atoms with Gasteiger partial charge >= 0.3 is 0 Å². The average molecular weight is 277 g/mol. The maximum atomic E-state index is 10.7. The van der Waals surface area contributed by atoms with Crippen molar-refractivity contribution in [2.24, 2.45) is 0 Å². The lowest BCUT2D eigenvalue weighted by Gasteiger charge is -1.96. The molecule has 16 heavy (non-hydrogen) atoms. The van der Waals surface area contributed by atoms with E-state index in [1.807, 2.05) is 42.7 Å². The second-order valence-corrected chi connectivity index (χ2v) is 6.98. The quantitative estimate of drug-likeness (QED) is 0.611. The van der Waals surface area contributed by atoms with Crippen molar-refractivity contribution in [3.63, 3.8) is 0 Å². The molecular formula is C11H13ClO2S2. The van der Waals surface area contributed by atoms with E-state index in [4.69, 9.17) is 10.7 Å². The van der Waals surface area contributed by atoms with Gasteiger partial charge < -0.3 is 0 Å². The fourth-order valence-electron chi connectivity index (χ4n) is 1.14. The van der Waals surface area contributed by atoms with Gasteiger partial charge in [-0.05, 0) is 30.4 Å². The van der Waals surface area contributed by atoms with Crippen LogP contribution in [0.2, 0.25) is 0 Å². The van der Waals surface area contributed by atoms with Crippen molar-refractivity contribution >= 4 is 37.6 Å². The predicted molar refractivity (Wildman–Crippen MR) is 71.5 cm³/mol. The van der Waals surface area contributed by atoms with E-state index in [1.165, 1.54) is 4.90 Å². The Morgan fingerprint density at radius 3 is 2.44 bits per heavy atom. The van der Waals surface area contributed by atoms with Crippen LogP contribution in [-0.2, 0) is 9.05 Å². The maximum absolute atomic E-state index is 10.7. The minimum absolute atomic E-state index is 0.0199. The second kappa shape index (κ2) is 6.33. The van der Waals surface area contributed by atoms with Crippen LogP contribution in [0.3, 0.4) is 0 Å². The van der Waals surface area contributed by atoms with Crippen molar-refractivity contribution in [3.8, 4) is 0 Å². The first kappa shape index (κ1) is 13.6. The molecule has 88 valence electrons. The van der Waals surface area contributed by atoms with Gasteiger partial charge in [0, 0.05) is 15.6 Å². The normalized spacial score (nSPS) is 12.1. The summed E-state index contributed by atoms with van der Waals surface area (Å²) in [6.07, 6.45) is 6.17. The number of rotatable bonds is 5. The Hall–Kier alpha value is -0.450. The molecule has 5 heteroatoms. The summed E-state index contributed by atoms with van der Waals surface area (Å²) in [5, 5.41) is 0. The monoisotopic (exact) mass is 276 g/mol. The van der Waals surface area contributed by atoms with Crippen molar-refractivity contribution in [2.75, 3.05) is 12.0 Å².